The van der Waals surface area contributed by atoms with Crippen molar-refractivity contribution in [3.05, 3.63) is 87.1 Å². The van der Waals surface area contributed by atoms with Gasteiger partial charge in [0.05, 0.1) is 35.6 Å². The molecule has 0 saturated heterocycles. The molecule has 3 heterocycles. The zero-order chi connectivity index (χ0) is 32.6. The van der Waals surface area contributed by atoms with E-state index in [1.165, 1.54) is 0 Å². The smallest absolute Gasteiger partial charge is 0.259 e. The van der Waals surface area contributed by atoms with Crippen LogP contribution in [0.4, 0.5) is 0 Å². The van der Waals surface area contributed by atoms with Crippen molar-refractivity contribution in [1.29, 1.82) is 0 Å². The van der Waals surface area contributed by atoms with Crippen LogP contribution in [0, 0.1) is 6.92 Å². The lowest BCUT2D eigenvalue weighted by Crippen LogP contribution is -2.41. The minimum absolute atomic E-state index is 0.0295. The zero-order valence-electron chi connectivity index (χ0n) is 27.5. The Hall–Kier alpha value is -4.15. The zero-order valence-corrected chi connectivity index (χ0v) is 27.5. The molecule has 0 atom stereocenters. The summed E-state index contributed by atoms with van der Waals surface area (Å²) in [7, 11) is 0. The molecule has 10 nitrogen and oxygen atoms in total. The fourth-order valence-corrected chi connectivity index (χ4v) is 6.73. The van der Waals surface area contributed by atoms with Gasteiger partial charge in [0, 0.05) is 23.6 Å². The van der Waals surface area contributed by atoms with Gasteiger partial charge in [-0.1, -0.05) is 55.8 Å². The van der Waals surface area contributed by atoms with Crippen LogP contribution in [-0.2, 0) is 22.4 Å². The molecule has 0 radical (unpaired) electrons. The standard InChI is InChI=1S/C36H44N6O4/c1-6-10-31-29(20-24-13-14-27(25-11-8-7-9-12-25)28(19-24)30-21-32(43)39-38-30)33(44)41(34-37-23(2)40-42(31)34)26-15-17-36(5,18-16-26)46-22-35(3,4)45/h7-9,11-14,19,26,45H,6,10,15-18,20-22H2,1-5H3,(H,39,43). The Labute approximate surface area is 269 Å². The van der Waals surface area contributed by atoms with E-state index in [0.717, 1.165) is 60.1 Å². The van der Waals surface area contributed by atoms with Gasteiger partial charge < -0.3 is 9.84 Å². The molecule has 2 aromatic heterocycles. The molecule has 1 amide bonds. The first-order chi connectivity index (χ1) is 21.9. The SMILES string of the molecule is CCCc1c(Cc2ccc(-c3ccccc3)c(C3=NNC(=O)C3)c2)c(=O)n(C2CCC(C)(OCC(C)(C)O)CC2)c2nc(C)nn12. The van der Waals surface area contributed by atoms with Gasteiger partial charge >= 0.3 is 0 Å². The van der Waals surface area contributed by atoms with E-state index in [1.54, 1.807) is 13.8 Å². The largest absolute Gasteiger partial charge is 0.388 e. The molecule has 242 valence electrons. The van der Waals surface area contributed by atoms with Crippen LogP contribution >= 0.6 is 0 Å². The molecular formula is C36H44N6O4. The monoisotopic (exact) mass is 624 g/mol. The molecule has 0 spiro atoms. The highest BCUT2D eigenvalue weighted by Gasteiger charge is 2.36. The number of rotatable bonds is 10. The summed E-state index contributed by atoms with van der Waals surface area (Å²) < 4.78 is 9.94. The average molecular weight is 625 g/mol. The van der Waals surface area contributed by atoms with Crippen molar-refractivity contribution in [2.75, 3.05) is 6.61 Å². The number of aromatic nitrogens is 4. The molecule has 0 unspecified atom stereocenters. The number of carbonyl (C=O) groups is 1. The van der Waals surface area contributed by atoms with E-state index < -0.39 is 5.60 Å². The van der Waals surface area contributed by atoms with Crippen molar-refractivity contribution in [3.63, 3.8) is 0 Å². The van der Waals surface area contributed by atoms with Crippen molar-refractivity contribution in [1.82, 2.24) is 24.6 Å². The van der Waals surface area contributed by atoms with Crippen LogP contribution in [0.1, 0.15) is 100 Å². The fraction of sp³-hybridized carbons (Fsp3) is 0.472. The second-order valence-corrected chi connectivity index (χ2v) is 13.7. The molecule has 0 bridgehead atoms. The minimum Gasteiger partial charge on any atom is -0.388 e. The van der Waals surface area contributed by atoms with Crippen LogP contribution in [0.2, 0.25) is 0 Å². The molecule has 46 heavy (non-hydrogen) atoms. The molecule has 6 rings (SSSR count). The van der Waals surface area contributed by atoms with Crippen molar-refractivity contribution in [2.45, 2.75) is 103 Å². The summed E-state index contributed by atoms with van der Waals surface area (Å²) in [5.41, 5.74) is 7.47. The van der Waals surface area contributed by atoms with E-state index in [9.17, 15) is 14.7 Å². The van der Waals surface area contributed by atoms with Gasteiger partial charge in [-0.15, -0.1) is 0 Å². The first-order valence-corrected chi connectivity index (χ1v) is 16.3. The van der Waals surface area contributed by atoms with E-state index in [4.69, 9.17) is 14.8 Å². The summed E-state index contributed by atoms with van der Waals surface area (Å²) >= 11 is 0. The number of hydrogen-bond acceptors (Lipinski definition) is 7. The molecule has 1 aliphatic carbocycles. The van der Waals surface area contributed by atoms with Crippen LogP contribution in [0.3, 0.4) is 0 Å². The summed E-state index contributed by atoms with van der Waals surface area (Å²) in [6.07, 6.45) is 5.22. The highest BCUT2D eigenvalue weighted by atomic mass is 16.5. The van der Waals surface area contributed by atoms with Crippen LogP contribution in [0.15, 0.2) is 58.4 Å². The topological polar surface area (TPSA) is 123 Å². The molecule has 1 aliphatic heterocycles. The molecule has 2 N–H and O–H groups in total. The summed E-state index contributed by atoms with van der Waals surface area (Å²) in [6.45, 7) is 9.83. The number of nitrogens with zero attached hydrogens (tertiary/aromatic N) is 5. The van der Waals surface area contributed by atoms with Crippen molar-refractivity contribution in [2.24, 2.45) is 5.10 Å². The van der Waals surface area contributed by atoms with Crippen LogP contribution in [0.5, 0.6) is 0 Å². The van der Waals surface area contributed by atoms with Crippen LogP contribution < -0.4 is 11.0 Å². The number of amides is 1. The number of hydrazone groups is 1. The van der Waals surface area contributed by atoms with E-state index in [0.29, 0.717) is 35.7 Å². The summed E-state index contributed by atoms with van der Waals surface area (Å²) in [6, 6.07) is 16.2. The maximum Gasteiger partial charge on any atom is 0.259 e. The first kappa shape index (κ1) is 31.8. The third-order valence-electron chi connectivity index (χ3n) is 9.14. The van der Waals surface area contributed by atoms with Crippen molar-refractivity contribution in [3.8, 4) is 11.1 Å². The lowest BCUT2D eigenvalue weighted by molar-refractivity contribution is -0.119. The quantitative estimate of drug-likeness (QED) is 0.247. The van der Waals surface area contributed by atoms with Crippen LogP contribution in [0.25, 0.3) is 16.9 Å². The van der Waals surface area contributed by atoms with E-state index in [1.807, 2.05) is 46.3 Å². The summed E-state index contributed by atoms with van der Waals surface area (Å²) in [4.78, 5) is 31.5. The Morgan fingerprint density at radius 3 is 2.48 bits per heavy atom. The third kappa shape index (κ3) is 6.55. The van der Waals surface area contributed by atoms with E-state index in [2.05, 4.69) is 42.6 Å². The molecule has 1 saturated carbocycles. The predicted octanol–water partition coefficient (Wildman–Crippen LogP) is 5.30. The Morgan fingerprint density at radius 1 is 1.09 bits per heavy atom. The molecular weight excluding hydrogens is 580 g/mol. The maximum atomic E-state index is 14.6. The highest BCUT2D eigenvalue weighted by Crippen LogP contribution is 2.38. The Balaban J connectivity index is 1.40. The number of ether oxygens (including phenoxy) is 1. The van der Waals surface area contributed by atoms with Gasteiger partial charge in [-0.2, -0.15) is 15.2 Å². The Morgan fingerprint density at radius 2 is 1.83 bits per heavy atom. The van der Waals surface area contributed by atoms with Crippen molar-refractivity contribution < 1.29 is 14.6 Å². The molecule has 1 fully saturated rings. The number of hydrogen-bond donors (Lipinski definition) is 2. The predicted molar refractivity (Wildman–Crippen MR) is 178 cm³/mol. The second-order valence-electron chi connectivity index (χ2n) is 13.7. The minimum atomic E-state index is -0.901. The molecule has 2 aliphatic rings. The number of carbonyl (C=O) groups excluding carboxylic acids is 1. The lowest BCUT2D eigenvalue weighted by atomic mass is 9.83. The average Bonchev–Trinajstić information content (AvgIpc) is 3.64. The summed E-state index contributed by atoms with van der Waals surface area (Å²) in [5, 5.41) is 19.4. The Kier molecular flexibility index (Phi) is 8.69. The van der Waals surface area contributed by atoms with Gasteiger partial charge in [-0.3, -0.25) is 14.2 Å². The summed E-state index contributed by atoms with van der Waals surface area (Å²) in [5.74, 6) is 1.09. The third-order valence-corrected chi connectivity index (χ3v) is 9.14. The van der Waals surface area contributed by atoms with Gasteiger partial charge in [0.15, 0.2) is 0 Å². The number of aliphatic hydroxyl groups is 1. The molecule has 4 aromatic rings. The normalized spacial score (nSPS) is 20.3. The van der Waals surface area contributed by atoms with Crippen molar-refractivity contribution >= 4 is 17.4 Å². The number of benzene rings is 2. The highest BCUT2D eigenvalue weighted by molar-refractivity contribution is 6.16. The second kappa shape index (κ2) is 12.6. The van der Waals surface area contributed by atoms with Gasteiger partial charge in [-0.25, -0.2) is 9.94 Å². The van der Waals surface area contributed by atoms with E-state index in [-0.39, 0.29) is 36.1 Å². The fourth-order valence-electron chi connectivity index (χ4n) is 6.73. The van der Waals surface area contributed by atoms with Gasteiger partial charge in [0.1, 0.15) is 5.82 Å². The van der Waals surface area contributed by atoms with Crippen LogP contribution in [-0.4, -0.2) is 53.7 Å². The van der Waals surface area contributed by atoms with Gasteiger partial charge in [0.25, 0.3) is 5.56 Å². The van der Waals surface area contributed by atoms with Gasteiger partial charge in [-0.05, 0) is 82.6 Å². The number of fused-ring (bicyclic) bond motifs is 1. The molecule has 2 aromatic carbocycles. The number of aryl methyl sites for hydroxylation is 2. The maximum absolute atomic E-state index is 14.6. The lowest BCUT2D eigenvalue weighted by Gasteiger charge is -2.39. The van der Waals surface area contributed by atoms with Gasteiger partial charge in [0.2, 0.25) is 11.7 Å². The van der Waals surface area contributed by atoms with E-state index >= 15 is 0 Å². The first-order valence-electron chi connectivity index (χ1n) is 16.3. The Bertz CT molecular complexity index is 1840. The molecule has 10 heteroatoms. The number of nitrogens with one attached hydrogen (secondary N) is 1.